The van der Waals surface area contributed by atoms with Crippen molar-refractivity contribution in [2.45, 2.75) is 25.4 Å². The lowest BCUT2D eigenvalue weighted by molar-refractivity contribution is -0.130. The molecule has 1 fully saturated rings. The number of oxime groups is 1. The number of rotatable bonds is 4. The van der Waals surface area contributed by atoms with Gasteiger partial charge in [0, 0.05) is 20.2 Å². The Bertz CT molecular complexity index is 249. The van der Waals surface area contributed by atoms with Gasteiger partial charge < -0.3 is 20.6 Å². The second-order valence-corrected chi connectivity index (χ2v) is 3.68. The number of amidine groups is 1. The highest BCUT2D eigenvalue weighted by Crippen LogP contribution is 2.12. The van der Waals surface area contributed by atoms with Gasteiger partial charge in [-0.05, 0) is 12.8 Å². The molecule has 1 heterocycles. The first kappa shape index (κ1) is 11.8. The van der Waals surface area contributed by atoms with Gasteiger partial charge in [-0.1, -0.05) is 5.16 Å². The highest BCUT2D eigenvalue weighted by molar-refractivity contribution is 5.98. The lowest BCUT2D eigenvalue weighted by atomic mass is 10.2. The highest BCUT2D eigenvalue weighted by Gasteiger charge is 2.20. The summed E-state index contributed by atoms with van der Waals surface area (Å²) in [5, 5.41) is 11.1. The van der Waals surface area contributed by atoms with Crippen molar-refractivity contribution >= 4 is 11.7 Å². The number of nitrogens with two attached hydrogens (primary N) is 1. The molecule has 1 amide bonds. The molecule has 0 spiro atoms. The van der Waals surface area contributed by atoms with E-state index >= 15 is 0 Å². The Labute approximate surface area is 88.7 Å². The molecule has 0 aliphatic carbocycles. The van der Waals surface area contributed by atoms with Crippen LogP contribution in [-0.4, -0.2) is 48.2 Å². The summed E-state index contributed by atoms with van der Waals surface area (Å²) in [6.07, 6.45) is 2.11. The molecular formula is C9H17N3O3. The second-order valence-electron chi connectivity index (χ2n) is 3.68. The normalized spacial score (nSPS) is 21.7. The molecule has 1 saturated heterocycles. The number of amides is 1. The van der Waals surface area contributed by atoms with E-state index in [1.807, 2.05) is 0 Å². The Kier molecular flexibility index (Phi) is 4.36. The number of ether oxygens (including phenoxy) is 1. The summed E-state index contributed by atoms with van der Waals surface area (Å²) in [5.41, 5.74) is 5.24. The fourth-order valence-electron chi connectivity index (χ4n) is 1.52. The lowest BCUT2D eigenvalue weighted by Crippen LogP contribution is -2.36. The minimum absolute atomic E-state index is 0.0558. The zero-order valence-electron chi connectivity index (χ0n) is 8.85. The molecule has 6 nitrogen and oxygen atoms in total. The van der Waals surface area contributed by atoms with Crippen molar-refractivity contribution in [2.24, 2.45) is 10.9 Å². The minimum Gasteiger partial charge on any atom is -0.409 e. The number of hydrogen-bond donors (Lipinski definition) is 2. The van der Waals surface area contributed by atoms with Crippen LogP contribution in [0.15, 0.2) is 5.16 Å². The van der Waals surface area contributed by atoms with E-state index in [4.69, 9.17) is 15.7 Å². The van der Waals surface area contributed by atoms with Crippen LogP contribution in [0.3, 0.4) is 0 Å². The first-order chi connectivity index (χ1) is 7.13. The zero-order valence-corrected chi connectivity index (χ0v) is 8.85. The van der Waals surface area contributed by atoms with Crippen LogP contribution in [0, 0.1) is 0 Å². The monoisotopic (exact) mass is 215 g/mol. The largest absolute Gasteiger partial charge is 0.409 e. The standard InChI is InChI=1S/C9H17N3O3/c1-12(6-7-3-2-4-15-7)9(13)5-8(10)11-14/h7,14H,2-6H2,1H3,(H2,10,11). The fourth-order valence-corrected chi connectivity index (χ4v) is 1.52. The summed E-state index contributed by atoms with van der Waals surface area (Å²) in [7, 11) is 1.69. The molecule has 1 unspecified atom stereocenters. The summed E-state index contributed by atoms with van der Waals surface area (Å²) in [6, 6.07) is 0. The Morgan fingerprint density at radius 2 is 2.47 bits per heavy atom. The maximum Gasteiger partial charge on any atom is 0.230 e. The van der Waals surface area contributed by atoms with Crippen LogP contribution >= 0.6 is 0 Å². The van der Waals surface area contributed by atoms with E-state index < -0.39 is 0 Å². The Morgan fingerprint density at radius 1 is 1.73 bits per heavy atom. The lowest BCUT2D eigenvalue weighted by Gasteiger charge is -2.20. The van der Waals surface area contributed by atoms with E-state index in [-0.39, 0.29) is 24.3 Å². The molecule has 1 aliphatic heterocycles. The molecular weight excluding hydrogens is 198 g/mol. The van der Waals surface area contributed by atoms with Gasteiger partial charge in [0.15, 0.2) is 0 Å². The number of carbonyl (C=O) groups is 1. The van der Waals surface area contributed by atoms with E-state index in [2.05, 4.69) is 5.16 Å². The van der Waals surface area contributed by atoms with Crippen LogP contribution in [0.25, 0.3) is 0 Å². The molecule has 0 aromatic carbocycles. The van der Waals surface area contributed by atoms with Crippen LogP contribution in [0.1, 0.15) is 19.3 Å². The average Bonchev–Trinajstić information content (AvgIpc) is 2.70. The van der Waals surface area contributed by atoms with Gasteiger partial charge in [0.1, 0.15) is 5.84 Å². The van der Waals surface area contributed by atoms with E-state index in [0.29, 0.717) is 6.54 Å². The molecule has 86 valence electrons. The minimum atomic E-state index is -0.166. The maximum absolute atomic E-state index is 11.5. The third kappa shape index (κ3) is 3.75. The van der Waals surface area contributed by atoms with Crippen molar-refractivity contribution in [3.05, 3.63) is 0 Å². The molecule has 0 aromatic heterocycles. The van der Waals surface area contributed by atoms with Gasteiger partial charge in [-0.25, -0.2) is 0 Å². The van der Waals surface area contributed by atoms with Crippen LogP contribution in [0.2, 0.25) is 0 Å². The fraction of sp³-hybridized carbons (Fsp3) is 0.778. The molecule has 0 bridgehead atoms. The zero-order chi connectivity index (χ0) is 11.3. The van der Waals surface area contributed by atoms with Gasteiger partial charge in [0.25, 0.3) is 0 Å². The SMILES string of the molecule is CN(CC1CCCO1)C(=O)C/C(N)=N/O. The summed E-state index contributed by atoms with van der Waals surface area (Å²) < 4.78 is 5.40. The molecule has 6 heteroatoms. The van der Waals surface area contributed by atoms with E-state index in [0.717, 1.165) is 19.4 Å². The van der Waals surface area contributed by atoms with Crippen molar-refractivity contribution in [3.63, 3.8) is 0 Å². The van der Waals surface area contributed by atoms with Crippen LogP contribution < -0.4 is 5.73 Å². The Hall–Kier alpha value is -1.30. The number of carbonyl (C=O) groups excluding carboxylic acids is 1. The van der Waals surface area contributed by atoms with Crippen LogP contribution in [-0.2, 0) is 9.53 Å². The predicted molar refractivity (Wildman–Crippen MR) is 54.6 cm³/mol. The third-order valence-electron chi connectivity index (χ3n) is 2.39. The van der Waals surface area contributed by atoms with Gasteiger partial charge in [-0.2, -0.15) is 0 Å². The number of nitrogens with zero attached hydrogens (tertiary/aromatic N) is 2. The average molecular weight is 215 g/mol. The van der Waals surface area contributed by atoms with Gasteiger partial charge in [0.2, 0.25) is 5.91 Å². The summed E-state index contributed by atoms with van der Waals surface area (Å²) in [6.45, 7) is 1.34. The van der Waals surface area contributed by atoms with Crippen molar-refractivity contribution in [3.8, 4) is 0 Å². The molecule has 15 heavy (non-hydrogen) atoms. The van der Waals surface area contributed by atoms with Gasteiger partial charge >= 0.3 is 0 Å². The third-order valence-corrected chi connectivity index (χ3v) is 2.39. The van der Waals surface area contributed by atoms with E-state index in [1.54, 1.807) is 11.9 Å². The van der Waals surface area contributed by atoms with Crippen molar-refractivity contribution in [1.29, 1.82) is 0 Å². The van der Waals surface area contributed by atoms with Gasteiger partial charge in [0.05, 0.1) is 12.5 Å². The molecule has 1 rings (SSSR count). The molecule has 1 atom stereocenters. The molecule has 0 saturated carbocycles. The van der Waals surface area contributed by atoms with Crippen molar-refractivity contribution in [1.82, 2.24) is 4.90 Å². The number of hydrogen-bond acceptors (Lipinski definition) is 4. The molecule has 0 radical (unpaired) electrons. The maximum atomic E-state index is 11.5. The summed E-state index contributed by atoms with van der Waals surface area (Å²) >= 11 is 0. The van der Waals surface area contributed by atoms with Crippen molar-refractivity contribution < 1.29 is 14.7 Å². The van der Waals surface area contributed by atoms with Gasteiger partial charge in [-0.15, -0.1) is 0 Å². The molecule has 1 aliphatic rings. The first-order valence-corrected chi connectivity index (χ1v) is 4.95. The molecule has 0 aromatic rings. The van der Waals surface area contributed by atoms with Gasteiger partial charge in [-0.3, -0.25) is 4.79 Å². The van der Waals surface area contributed by atoms with Crippen LogP contribution in [0.5, 0.6) is 0 Å². The highest BCUT2D eigenvalue weighted by atomic mass is 16.5. The first-order valence-electron chi connectivity index (χ1n) is 4.95. The predicted octanol–water partition coefficient (Wildman–Crippen LogP) is -0.240. The molecule has 3 N–H and O–H groups in total. The summed E-state index contributed by atoms with van der Waals surface area (Å²) in [4.78, 5) is 13.0. The smallest absolute Gasteiger partial charge is 0.230 e. The topological polar surface area (TPSA) is 88.2 Å². The Morgan fingerprint density at radius 3 is 3.00 bits per heavy atom. The quantitative estimate of drug-likeness (QED) is 0.293. The Balaban J connectivity index is 2.32. The van der Waals surface area contributed by atoms with E-state index in [1.165, 1.54) is 0 Å². The summed E-state index contributed by atoms with van der Waals surface area (Å²) in [5.74, 6) is -0.236. The van der Waals surface area contributed by atoms with Crippen LogP contribution in [0.4, 0.5) is 0 Å². The number of likely N-dealkylation sites (N-methyl/N-ethyl adjacent to an activating group) is 1. The second kappa shape index (κ2) is 5.55. The van der Waals surface area contributed by atoms with Crippen molar-refractivity contribution in [2.75, 3.05) is 20.2 Å². The van der Waals surface area contributed by atoms with E-state index in [9.17, 15) is 4.79 Å².